The zero-order valence-electron chi connectivity index (χ0n) is 11.8. The molecule has 1 N–H and O–H groups in total. The molecule has 108 valence electrons. The minimum Gasteiger partial charge on any atom is -0.408 e. The van der Waals surface area contributed by atoms with Crippen LogP contribution in [0.1, 0.15) is 50.2 Å². The average Bonchev–Trinajstić information content (AvgIpc) is 2.65. The molecule has 0 radical (unpaired) electrons. The van der Waals surface area contributed by atoms with E-state index in [4.69, 9.17) is 4.42 Å². The predicted octanol–water partition coefficient (Wildman–Crippen LogP) is 3.14. The van der Waals surface area contributed by atoms with Gasteiger partial charge in [-0.25, -0.2) is 4.79 Å². The molecule has 0 spiro atoms. The number of rotatable bonds is 2. The predicted molar refractivity (Wildman–Crippen MR) is 77.6 cm³/mol. The number of fused-ring (bicyclic) bond motifs is 1. The van der Waals surface area contributed by atoms with Gasteiger partial charge < -0.3 is 9.52 Å². The largest absolute Gasteiger partial charge is 0.419 e. The van der Waals surface area contributed by atoms with E-state index in [9.17, 15) is 9.90 Å². The summed E-state index contributed by atoms with van der Waals surface area (Å²) in [6.45, 7) is 0. The third kappa shape index (κ3) is 2.40. The molecule has 0 saturated heterocycles. The monoisotopic (exact) mass is 275 g/mol. The molecule has 1 unspecified atom stereocenters. The van der Waals surface area contributed by atoms with Crippen molar-refractivity contribution in [2.45, 2.75) is 44.6 Å². The first-order chi connectivity index (χ1) is 9.66. The molecule has 2 aromatic rings. The maximum atomic E-state index is 11.5. The normalized spacial score (nSPS) is 19.1. The van der Waals surface area contributed by atoms with Crippen molar-refractivity contribution in [1.82, 2.24) is 4.57 Å². The standard InChI is InChI=1S/C16H21NO3/c1-17-13-9-8-12(10-14(13)20-16(17)19)15(18)11-6-4-2-3-5-7-11/h8-11,15,18H,2-7H2,1H3. The van der Waals surface area contributed by atoms with Crippen molar-refractivity contribution in [3.05, 3.63) is 34.3 Å². The van der Waals surface area contributed by atoms with E-state index in [0.717, 1.165) is 23.9 Å². The highest BCUT2D eigenvalue weighted by atomic mass is 16.4. The fourth-order valence-corrected chi connectivity index (χ4v) is 3.23. The number of aliphatic hydroxyl groups is 1. The SMILES string of the molecule is Cn1c(=O)oc2cc(C(O)C3CCCCCC3)ccc21. The van der Waals surface area contributed by atoms with Gasteiger partial charge in [-0.2, -0.15) is 0 Å². The maximum Gasteiger partial charge on any atom is 0.419 e. The van der Waals surface area contributed by atoms with Crippen LogP contribution in [0.25, 0.3) is 11.1 Å². The third-order valence-electron chi connectivity index (χ3n) is 4.50. The Morgan fingerprint density at radius 2 is 1.95 bits per heavy atom. The van der Waals surface area contributed by atoms with Crippen LogP contribution in [0.4, 0.5) is 0 Å². The van der Waals surface area contributed by atoms with Crippen LogP contribution < -0.4 is 5.76 Å². The second-order valence-corrected chi connectivity index (χ2v) is 5.85. The molecule has 0 amide bonds. The molecule has 1 heterocycles. The van der Waals surface area contributed by atoms with Gasteiger partial charge in [0.15, 0.2) is 5.58 Å². The van der Waals surface area contributed by atoms with E-state index in [1.807, 2.05) is 18.2 Å². The van der Waals surface area contributed by atoms with E-state index in [1.54, 1.807) is 7.05 Å². The number of aromatic nitrogens is 1. The van der Waals surface area contributed by atoms with Gasteiger partial charge in [-0.15, -0.1) is 0 Å². The summed E-state index contributed by atoms with van der Waals surface area (Å²) in [7, 11) is 1.69. The maximum absolute atomic E-state index is 11.5. The number of aliphatic hydroxyl groups excluding tert-OH is 1. The molecule has 1 aromatic heterocycles. The first-order valence-corrected chi connectivity index (χ1v) is 7.44. The van der Waals surface area contributed by atoms with Crippen LogP contribution in [0.5, 0.6) is 0 Å². The molecule has 1 aliphatic rings. The van der Waals surface area contributed by atoms with Gasteiger partial charge in [0.1, 0.15) is 0 Å². The summed E-state index contributed by atoms with van der Waals surface area (Å²) in [5, 5.41) is 10.6. The van der Waals surface area contributed by atoms with Crippen molar-refractivity contribution in [1.29, 1.82) is 0 Å². The van der Waals surface area contributed by atoms with Crippen LogP contribution >= 0.6 is 0 Å². The van der Waals surface area contributed by atoms with Gasteiger partial charge in [0.05, 0.1) is 11.6 Å². The minimum absolute atomic E-state index is 0.324. The van der Waals surface area contributed by atoms with Gasteiger partial charge in [-0.1, -0.05) is 31.7 Å². The molecule has 1 aliphatic carbocycles. The van der Waals surface area contributed by atoms with Gasteiger partial charge in [0, 0.05) is 7.05 Å². The average molecular weight is 275 g/mol. The van der Waals surface area contributed by atoms with E-state index in [-0.39, 0.29) is 5.76 Å². The molecule has 1 atom stereocenters. The lowest BCUT2D eigenvalue weighted by molar-refractivity contribution is 0.0988. The first-order valence-electron chi connectivity index (χ1n) is 7.44. The Balaban J connectivity index is 1.90. The summed E-state index contributed by atoms with van der Waals surface area (Å²) < 4.78 is 6.68. The second-order valence-electron chi connectivity index (χ2n) is 5.85. The van der Waals surface area contributed by atoms with Gasteiger partial charge in [0.25, 0.3) is 0 Å². The van der Waals surface area contributed by atoms with E-state index in [0.29, 0.717) is 11.5 Å². The van der Waals surface area contributed by atoms with Crippen LogP contribution in [0, 0.1) is 5.92 Å². The van der Waals surface area contributed by atoms with Crippen molar-refractivity contribution in [2.75, 3.05) is 0 Å². The summed E-state index contributed by atoms with van der Waals surface area (Å²) in [6, 6.07) is 5.58. The zero-order chi connectivity index (χ0) is 14.1. The van der Waals surface area contributed by atoms with Crippen LogP contribution in [0.2, 0.25) is 0 Å². The number of oxazole rings is 1. The number of benzene rings is 1. The lowest BCUT2D eigenvalue weighted by Crippen LogP contribution is -2.12. The molecular formula is C16H21NO3. The number of aryl methyl sites for hydroxylation is 1. The number of nitrogens with zero attached hydrogens (tertiary/aromatic N) is 1. The molecule has 1 saturated carbocycles. The topological polar surface area (TPSA) is 55.4 Å². The number of hydrogen-bond donors (Lipinski definition) is 1. The van der Waals surface area contributed by atoms with Crippen LogP contribution in [-0.4, -0.2) is 9.67 Å². The van der Waals surface area contributed by atoms with E-state index in [2.05, 4.69) is 0 Å². The van der Waals surface area contributed by atoms with Crippen LogP contribution in [0.15, 0.2) is 27.4 Å². The highest BCUT2D eigenvalue weighted by Crippen LogP contribution is 2.34. The fraction of sp³-hybridized carbons (Fsp3) is 0.562. The molecule has 3 rings (SSSR count). The molecular weight excluding hydrogens is 254 g/mol. The van der Waals surface area contributed by atoms with Crippen molar-refractivity contribution < 1.29 is 9.52 Å². The zero-order valence-corrected chi connectivity index (χ0v) is 11.8. The lowest BCUT2D eigenvalue weighted by atomic mass is 9.89. The van der Waals surface area contributed by atoms with E-state index >= 15 is 0 Å². The minimum atomic E-state index is -0.456. The molecule has 20 heavy (non-hydrogen) atoms. The Morgan fingerprint density at radius 3 is 2.65 bits per heavy atom. The fourth-order valence-electron chi connectivity index (χ4n) is 3.23. The quantitative estimate of drug-likeness (QED) is 0.857. The highest BCUT2D eigenvalue weighted by Gasteiger charge is 2.23. The molecule has 0 bridgehead atoms. The van der Waals surface area contributed by atoms with Crippen molar-refractivity contribution in [2.24, 2.45) is 13.0 Å². The third-order valence-corrected chi connectivity index (χ3v) is 4.50. The molecule has 4 heteroatoms. The Kier molecular flexibility index (Phi) is 3.66. The van der Waals surface area contributed by atoms with E-state index in [1.165, 1.54) is 30.3 Å². The Bertz CT molecular complexity index is 647. The van der Waals surface area contributed by atoms with Crippen molar-refractivity contribution in [3.63, 3.8) is 0 Å². The molecule has 1 fully saturated rings. The second kappa shape index (κ2) is 5.44. The van der Waals surface area contributed by atoms with Crippen molar-refractivity contribution >= 4 is 11.1 Å². The van der Waals surface area contributed by atoms with E-state index < -0.39 is 6.10 Å². The summed E-state index contributed by atoms with van der Waals surface area (Å²) >= 11 is 0. The van der Waals surface area contributed by atoms with Gasteiger partial charge in [-0.3, -0.25) is 4.57 Å². The highest BCUT2D eigenvalue weighted by molar-refractivity contribution is 5.73. The summed E-state index contributed by atoms with van der Waals surface area (Å²) in [6.07, 6.45) is 6.65. The molecule has 1 aromatic carbocycles. The number of hydrogen-bond acceptors (Lipinski definition) is 3. The van der Waals surface area contributed by atoms with Gasteiger partial charge in [-0.05, 0) is 36.5 Å². The summed E-state index contributed by atoms with van der Waals surface area (Å²) in [5.74, 6) is -0.0357. The Hall–Kier alpha value is -1.55. The molecule has 0 aliphatic heterocycles. The van der Waals surface area contributed by atoms with Crippen molar-refractivity contribution in [3.8, 4) is 0 Å². The van der Waals surface area contributed by atoms with Crippen LogP contribution in [-0.2, 0) is 7.05 Å². The summed E-state index contributed by atoms with van der Waals surface area (Å²) in [5.41, 5.74) is 2.19. The Labute approximate surface area is 118 Å². The Morgan fingerprint density at radius 1 is 1.25 bits per heavy atom. The smallest absolute Gasteiger partial charge is 0.408 e. The molecule has 4 nitrogen and oxygen atoms in total. The van der Waals surface area contributed by atoms with Crippen LogP contribution in [0.3, 0.4) is 0 Å². The van der Waals surface area contributed by atoms with Gasteiger partial charge >= 0.3 is 5.76 Å². The first kappa shape index (κ1) is 13.4. The van der Waals surface area contributed by atoms with Gasteiger partial charge in [0.2, 0.25) is 0 Å². The lowest BCUT2D eigenvalue weighted by Gasteiger charge is -2.21. The summed E-state index contributed by atoms with van der Waals surface area (Å²) in [4.78, 5) is 11.5.